The van der Waals surface area contributed by atoms with E-state index in [0.29, 0.717) is 17.9 Å². The zero-order chi connectivity index (χ0) is 19.4. The number of hydrogen-bond acceptors (Lipinski definition) is 6. The fraction of sp³-hybridized carbons (Fsp3) is 0.550. The minimum absolute atomic E-state index is 0.148. The standard InChI is InChI=1S/C20H28N4O3/c1-20(2,3)26-19(25)21-15-10-12-16(13-11-15)24(4)18-22-17(27-23-18)14-8-6-5-7-9-14/h5-9,15-16H,10-13H2,1-4H3,(H,21,25). The lowest BCUT2D eigenvalue weighted by atomic mass is 9.90. The van der Waals surface area contributed by atoms with Gasteiger partial charge in [-0.1, -0.05) is 18.2 Å². The molecule has 1 N–H and O–H groups in total. The summed E-state index contributed by atoms with van der Waals surface area (Å²) >= 11 is 0. The fourth-order valence-corrected chi connectivity index (χ4v) is 3.30. The molecule has 0 atom stereocenters. The van der Waals surface area contributed by atoms with Gasteiger partial charge in [0.2, 0.25) is 0 Å². The van der Waals surface area contributed by atoms with Gasteiger partial charge in [-0.15, -0.1) is 0 Å². The van der Waals surface area contributed by atoms with Crippen molar-refractivity contribution in [1.82, 2.24) is 15.5 Å². The number of nitrogens with one attached hydrogen (secondary N) is 1. The van der Waals surface area contributed by atoms with Crippen molar-refractivity contribution in [2.24, 2.45) is 0 Å². The highest BCUT2D eigenvalue weighted by Crippen LogP contribution is 2.27. The second kappa shape index (κ2) is 7.98. The first-order valence-corrected chi connectivity index (χ1v) is 9.43. The van der Waals surface area contributed by atoms with Crippen molar-refractivity contribution in [3.63, 3.8) is 0 Å². The zero-order valence-electron chi connectivity index (χ0n) is 16.4. The average molecular weight is 372 g/mol. The molecule has 1 aromatic heterocycles. The monoisotopic (exact) mass is 372 g/mol. The van der Waals surface area contributed by atoms with Crippen molar-refractivity contribution in [3.8, 4) is 11.5 Å². The Labute approximate surface area is 160 Å². The molecular weight excluding hydrogens is 344 g/mol. The van der Waals surface area contributed by atoms with Crippen LogP contribution in [0.2, 0.25) is 0 Å². The molecule has 0 aliphatic heterocycles. The van der Waals surface area contributed by atoms with E-state index in [-0.39, 0.29) is 12.1 Å². The molecule has 1 aliphatic carbocycles. The maximum atomic E-state index is 11.9. The number of anilines is 1. The van der Waals surface area contributed by atoms with Crippen molar-refractivity contribution in [3.05, 3.63) is 30.3 Å². The van der Waals surface area contributed by atoms with Crippen LogP contribution in [-0.4, -0.2) is 41.0 Å². The lowest BCUT2D eigenvalue weighted by molar-refractivity contribution is 0.0491. The van der Waals surface area contributed by atoms with Gasteiger partial charge >= 0.3 is 6.09 Å². The molecule has 3 rings (SSSR count). The largest absolute Gasteiger partial charge is 0.444 e. The number of aromatic nitrogens is 2. The molecule has 1 aliphatic rings. The topological polar surface area (TPSA) is 80.5 Å². The number of ether oxygens (including phenoxy) is 1. The highest BCUT2D eigenvalue weighted by atomic mass is 16.6. The summed E-state index contributed by atoms with van der Waals surface area (Å²) in [4.78, 5) is 18.5. The molecule has 146 valence electrons. The van der Waals surface area contributed by atoms with Crippen LogP contribution in [0.5, 0.6) is 0 Å². The van der Waals surface area contributed by atoms with Crippen LogP contribution in [-0.2, 0) is 4.74 Å². The Bertz CT molecular complexity index is 746. The van der Waals surface area contributed by atoms with Gasteiger partial charge in [-0.05, 0) is 63.7 Å². The van der Waals surface area contributed by atoms with E-state index in [2.05, 4.69) is 20.4 Å². The van der Waals surface area contributed by atoms with E-state index in [1.54, 1.807) is 0 Å². The van der Waals surface area contributed by atoms with Crippen molar-refractivity contribution >= 4 is 12.0 Å². The van der Waals surface area contributed by atoms with Gasteiger partial charge in [0.25, 0.3) is 11.8 Å². The minimum atomic E-state index is -0.476. The van der Waals surface area contributed by atoms with Gasteiger partial charge in [-0.2, -0.15) is 4.98 Å². The molecule has 0 bridgehead atoms. The highest BCUT2D eigenvalue weighted by Gasteiger charge is 2.28. The van der Waals surface area contributed by atoms with Gasteiger partial charge < -0.3 is 19.5 Å². The fourth-order valence-electron chi connectivity index (χ4n) is 3.30. The molecule has 1 aromatic carbocycles. The second-order valence-corrected chi connectivity index (χ2v) is 8.03. The zero-order valence-corrected chi connectivity index (χ0v) is 16.4. The van der Waals surface area contributed by atoms with Gasteiger partial charge in [-0.25, -0.2) is 4.79 Å². The van der Waals surface area contributed by atoms with E-state index >= 15 is 0 Å². The molecule has 0 unspecified atom stereocenters. The summed E-state index contributed by atoms with van der Waals surface area (Å²) < 4.78 is 10.7. The molecule has 0 saturated heterocycles. The molecule has 0 radical (unpaired) electrons. The van der Waals surface area contributed by atoms with Gasteiger partial charge in [0.05, 0.1) is 0 Å². The molecule has 1 heterocycles. The van der Waals surface area contributed by atoms with Crippen molar-refractivity contribution in [1.29, 1.82) is 0 Å². The van der Waals surface area contributed by atoms with Crippen molar-refractivity contribution in [2.75, 3.05) is 11.9 Å². The molecule has 1 saturated carbocycles. The third-order valence-electron chi connectivity index (χ3n) is 4.72. The first-order valence-electron chi connectivity index (χ1n) is 9.43. The summed E-state index contributed by atoms with van der Waals surface area (Å²) in [5.74, 6) is 1.12. The molecule has 1 fully saturated rings. The summed E-state index contributed by atoms with van der Waals surface area (Å²) in [5, 5.41) is 7.10. The Balaban J connectivity index is 1.52. The highest BCUT2D eigenvalue weighted by molar-refractivity contribution is 5.68. The summed E-state index contributed by atoms with van der Waals surface area (Å²) in [5.41, 5.74) is 0.436. The minimum Gasteiger partial charge on any atom is -0.444 e. The maximum absolute atomic E-state index is 11.9. The summed E-state index contributed by atoms with van der Waals surface area (Å²) in [6.45, 7) is 5.60. The van der Waals surface area contributed by atoms with Crippen LogP contribution >= 0.6 is 0 Å². The van der Waals surface area contributed by atoms with E-state index < -0.39 is 5.60 Å². The second-order valence-electron chi connectivity index (χ2n) is 8.03. The third kappa shape index (κ3) is 5.21. The van der Waals surface area contributed by atoms with Crippen LogP contribution in [0.3, 0.4) is 0 Å². The Morgan fingerprint density at radius 2 is 1.85 bits per heavy atom. The number of hydrogen-bond donors (Lipinski definition) is 1. The first kappa shape index (κ1) is 19.2. The van der Waals surface area contributed by atoms with Crippen LogP contribution in [0.25, 0.3) is 11.5 Å². The lowest BCUT2D eigenvalue weighted by Crippen LogP contribution is -2.44. The summed E-state index contributed by atoms with van der Waals surface area (Å²) in [6, 6.07) is 10.2. The Kier molecular flexibility index (Phi) is 5.68. The number of rotatable bonds is 4. The molecule has 1 amide bonds. The van der Waals surface area contributed by atoms with E-state index in [1.165, 1.54) is 0 Å². The normalized spacial score (nSPS) is 20.1. The van der Waals surface area contributed by atoms with Crippen LogP contribution < -0.4 is 10.2 Å². The predicted octanol–water partition coefficient (Wildman–Crippen LogP) is 4.01. The van der Waals surface area contributed by atoms with Crippen molar-refractivity contribution in [2.45, 2.75) is 64.1 Å². The van der Waals surface area contributed by atoms with Crippen LogP contribution in [0.15, 0.2) is 34.9 Å². The molecule has 0 spiro atoms. The predicted molar refractivity (Wildman–Crippen MR) is 104 cm³/mol. The smallest absolute Gasteiger partial charge is 0.407 e. The molecule has 7 nitrogen and oxygen atoms in total. The molecular formula is C20H28N4O3. The maximum Gasteiger partial charge on any atom is 0.407 e. The van der Waals surface area contributed by atoms with E-state index in [4.69, 9.17) is 9.26 Å². The molecule has 27 heavy (non-hydrogen) atoms. The number of amides is 1. The first-order chi connectivity index (χ1) is 12.8. The van der Waals surface area contributed by atoms with Crippen LogP contribution in [0.1, 0.15) is 46.5 Å². The van der Waals surface area contributed by atoms with E-state index in [1.807, 2.05) is 58.2 Å². The SMILES string of the molecule is CN(c1noc(-c2ccccc2)n1)C1CCC(NC(=O)OC(C)(C)C)CC1. The Morgan fingerprint density at radius 1 is 1.19 bits per heavy atom. The van der Waals surface area contributed by atoms with Crippen molar-refractivity contribution < 1.29 is 14.1 Å². The molecule has 7 heteroatoms. The van der Waals surface area contributed by atoms with Crippen LogP contribution in [0, 0.1) is 0 Å². The quantitative estimate of drug-likeness (QED) is 0.873. The summed E-state index contributed by atoms with van der Waals surface area (Å²) in [7, 11) is 1.99. The Hall–Kier alpha value is -2.57. The van der Waals surface area contributed by atoms with Gasteiger partial charge in [0.1, 0.15) is 5.60 Å². The summed E-state index contributed by atoms with van der Waals surface area (Å²) in [6.07, 6.45) is 3.36. The number of nitrogens with zero attached hydrogens (tertiary/aromatic N) is 3. The molecule has 2 aromatic rings. The van der Waals surface area contributed by atoms with E-state index in [9.17, 15) is 4.79 Å². The number of carbonyl (C=O) groups excluding carboxylic acids is 1. The number of benzene rings is 1. The van der Waals surface area contributed by atoms with Gasteiger partial charge in [0, 0.05) is 24.7 Å². The van der Waals surface area contributed by atoms with Gasteiger partial charge in [-0.3, -0.25) is 0 Å². The van der Waals surface area contributed by atoms with E-state index in [0.717, 1.165) is 31.2 Å². The Morgan fingerprint density at radius 3 is 2.48 bits per heavy atom. The van der Waals surface area contributed by atoms with Crippen LogP contribution in [0.4, 0.5) is 10.7 Å². The third-order valence-corrected chi connectivity index (χ3v) is 4.72. The average Bonchev–Trinajstić information content (AvgIpc) is 3.11. The number of carbonyl (C=O) groups is 1. The lowest BCUT2D eigenvalue weighted by Gasteiger charge is -2.34. The number of alkyl carbamates (subject to hydrolysis) is 1. The van der Waals surface area contributed by atoms with Gasteiger partial charge in [0.15, 0.2) is 0 Å².